The third-order valence-electron chi connectivity index (χ3n) is 5.77. The van der Waals surface area contributed by atoms with Gasteiger partial charge in [0, 0.05) is 58.6 Å². The number of hydrogen-bond donors (Lipinski definition) is 1. The quantitative estimate of drug-likeness (QED) is 0.352. The first kappa shape index (κ1) is 24.8. The lowest BCUT2D eigenvalue weighted by Crippen LogP contribution is -2.50. The summed E-state index contributed by atoms with van der Waals surface area (Å²) in [6.45, 7) is 3.70. The summed E-state index contributed by atoms with van der Waals surface area (Å²) in [5, 5.41) is 6.64. The Labute approximate surface area is 202 Å². The summed E-state index contributed by atoms with van der Waals surface area (Å²) in [5.41, 5.74) is 0.473. The van der Waals surface area contributed by atoms with E-state index < -0.39 is 11.9 Å². The molecule has 2 fully saturated rings. The van der Waals surface area contributed by atoms with E-state index in [4.69, 9.17) is 4.74 Å². The Morgan fingerprint density at radius 1 is 1.25 bits per heavy atom. The molecule has 0 aliphatic carbocycles. The van der Waals surface area contributed by atoms with Crippen molar-refractivity contribution in [1.29, 1.82) is 0 Å². The van der Waals surface area contributed by atoms with Crippen molar-refractivity contribution in [1.82, 2.24) is 24.9 Å². The number of morpholine rings is 1. The normalized spacial score (nSPS) is 21.9. The summed E-state index contributed by atoms with van der Waals surface area (Å²) >= 11 is 0. The highest BCUT2D eigenvalue weighted by Gasteiger charge is 2.41. The second-order valence-corrected chi connectivity index (χ2v) is 7.91. The average Bonchev–Trinajstić information content (AvgIpc) is 3.33. The van der Waals surface area contributed by atoms with Gasteiger partial charge >= 0.3 is 6.18 Å². The molecule has 2 aliphatic heterocycles. The van der Waals surface area contributed by atoms with Crippen LogP contribution in [0.1, 0.15) is 16.8 Å². The molecule has 32 heavy (non-hydrogen) atoms. The first-order valence-electron chi connectivity index (χ1n) is 10.3. The Balaban J connectivity index is 0.00000289. The van der Waals surface area contributed by atoms with Crippen molar-refractivity contribution < 1.29 is 17.9 Å². The van der Waals surface area contributed by atoms with E-state index in [9.17, 15) is 13.2 Å². The zero-order valence-corrected chi connectivity index (χ0v) is 20.4. The zero-order valence-electron chi connectivity index (χ0n) is 18.0. The lowest BCUT2D eigenvalue weighted by molar-refractivity contribution is -0.142. The predicted octanol–water partition coefficient (Wildman–Crippen LogP) is 2.72. The lowest BCUT2D eigenvalue weighted by Gasteiger charge is -2.36. The van der Waals surface area contributed by atoms with Crippen LogP contribution >= 0.6 is 24.0 Å². The number of hydrogen-bond acceptors (Lipinski definition) is 4. The van der Waals surface area contributed by atoms with E-state index in [1.54, 1.807) is 7.05 Å². The second kappa shape index (κ2) is 10.4. The summed E-state index contributed by atoms with van der Waals surface area (Å²) < 4.78 is 46.9. The Bertz CT molecular complexity index is 920. The van der Waals surface area contributed by atoms with Gasteiger partial charge in [-0.1, -0.05) is 30.3 Å². The van der Waals surface area contributed by atoms with Gasteiger partial charge in [0.25, 0.3) is 0 Å². The number of ether oxygens (including phenoxy) is 1. The number of guanidine groups is 1. The van der Waals surface area contributed by atoms with Crippen LogP contribution in [0.25, 0.3) is 0 Å². The minimum absolute atomic E-state index is 0. The summed E-state index contributed by atoms with van der Waals surface area (Å²) in [6.07, 6.45) is -3.06. The van der Waals surface area contributed by atoms with Crippen LogP contribution in [0.3, 0.4) is 0 Å². The minimum atomic E-state index is -4.49. The summed E-state index contributed by atoms with van der Waals surface area (Å²) in [6, 6.07) is 10.5. The fourth-order valence-electron chi connectivity index (χ4n) is 4.36. The standard InChI is InChI=1S/C21H27F3N6O.HI/c1-25-20(26-10-16-12-28(2)27-19(16)21(22,23)24)30-13-17-18(14-30)31-9-8-29(17)11-15-6-4-3-5-7-15;/h3-7,12,17-18H,8-11,13-14H2,1-2H3,(H,25,26);1H. The summed E-state index contributed by atoms with van der Waals surface area (Å²) in [5.74, 6) is 0.564. The molecule has 0 radical (unpaired) electrons. The van der Waals surface area contributed by atoms with Crippen LogP contribution in [0.2, 0.25) is 0 Å². The molecule has 2 saturated heterocycles. The number of alkyl halides is 3. The van der Waals surface area contributed by atoms with Gasteiger partial charge in [0.15, 0.2) is 11.7 Å². The van der Waals surface area contributed by atoms with Crippen LogP contribution in [0, 0.1) is 0 Å². The average molecular weight is 564 g/mol. The number of halogens is 4. The van der Waals surface area contributed by atoms with Crippen molar-refractivity contribution in [2.75, 3.05) is 33.3 Å². The number of benzene rings is 1. The first-order valence-corrected chi connectivity index (χ1v) is 10.3. The van der Waals surface area contributed by atoms with Gasteiger partial charge < -0.3 is 15.0 Å². The highest BCUT2D eigenvalue weighted by Crippen LogP contribution is 2.30. The van der Waals surface area contributed by atoms with Gasteiger partial charge in [-0.05, 0) is 5.56 Å². The van der Waals surface area contributed by atoms with Crippen LogP contribution in [0.4, 0.5) is 13.2 Å². The van der Waals surface area contributed by atoms with Crippen LogP contribution < -0.4 is 5.32 Å². The van der Waals surface area contributed by atoms with Crippen molar-refractivity contribution in [3.8, 4) is 0 Å². The molecule has 176 valence electrons. The van der Waals surface area contributed by atoms with E-state index >= 15 is 0 Å². The van der Waals surface area contributed by atoms with Crippen molar-refractivity contribution in [3.05, 3.63) is 53.3 Å². The molecule has 11 heteroatoms. The van der Waals surface area contributed by atoms with Crippen LogP contribution in [-0.4, -0.2) is 71.0 Å². The minimum Gasteiger partial charge on any atom is -0.373 e. The Hall–Kier alpha value is -1.86. The number of aromatic nitrogens is 2. The van der Waals surface area contributed by atoms with Crippen LogP contribution in [0.5, 0.6) is 0 Å². The molecule has 2 aromatic rings. The van der Waals surface area contributed by atoms with Crippen molar-refractivity contribution in [3.63, 3.8) is 0 Å². The Morgan fingerprint density at radius 2 is 2.00 bits per heavy atom. The topological polar surface area (TPSA) is 57.9 Å². The molecule has 7 nitrogen and oxygen atoms in total. The fourth-order valence-corrected chi connectivity index (χ4v) is 4.36. The second-order valence-electron chi connectivity index (χ2n) is 7.91. The summed E-state index contributed by atoms with van der Waals surface area (Å²) in [7, 11) is 3.12. The summed E-state index contributed by atoms with van der Waals surface area (Å²) in [4.78, 5) is 8.77. The molecule has 2 aliphatic rings. The maximum atomic E-state index is 13.2. The lowest BCUT2D eigenvalue weighted by atomic mass is 10.1. The van der Waals surface area contributed by atoms with Crippen molar-refractivity contribution >= 4 is 29.9 Å². The van der Waals surface area contributed by atoms with E-state index in [1.807, 2.05) is 18.2 Å². The number of rotatable bonds is 4. The van der Waals surface area contributed by atoms with Gasteiger partial charge in [-0.15, -0.1) is 24.0 Å². The molecule has 2 atom stereocenters. The molecule has 0 spiro atoms. The Kier molecular flexibility index (Phi) is 8.04. The molecule has 1 aromatic carbocycles. The smallest absolute Gasteiger partial charge is 0.373 e. The van der Waals surface area contributed by atoms with Gasteiger partial charge in [0.2, 0.25) is 0 Å². The monoisotopic (exact) mass is 564 g/mol. The maximum Gasteiger partial charge on any atom is 0.435 e. The molecular formula is C21H28F3IN6O. The Morgan fingerprint density at radius 3 is 2.69 bits per heavy atom. The predicted molar refractivity (Wildman–Crippen MR) is 126 cm³/mol. The number of likely N-dealkylation sites (tertiary alicyclic amines) is 1. The third kappa shape index (κ3) is 5.54. The van der Waals surface area contributed by atoms with E-state index in [-0.39, 0.29) is 48.2 Å². The van der Waals surface area contributed by atoms with Gasteiger partial charge in [-0.3, -0.25) is 14.6 Å². The highest BCUT2D eigenvalue weighted by atomic mass is 127. The highest BCUT2D eigenvalue weighted by molar-refractivity contribution is 14.0. The van der Waals surface area contributed by atoms with E-state index in [0.717, 1.165) is 13.1 Å². The number of aryl methyl sites for hydroxylation is 1. The van der Waals surface area contributed by atoms with E-state index in [1.165, 1.54) is 23.5 Å². The molecule has 0 amide bonds. The van der Waals surface area contributed by atoms with Crippen molar-refractivity contribution in [2.24, 2.45) is 12.0 Å². The van der Waals surface area contributed by atoms with Crippen LogP contribution in [0.15, 0.2) is 41.5 Å². The third-order valence-corrected chi connectivity index (χ3v) is 5.77. The van der Waals surface area contributed by atoms with Gasteiger partial charge in [-0.25, -0.2) is 0 Å². The SMILES string of the molecule is CN=C(NCc1cn(C)nc1C(F)(F)F)N1CC2OCCN(Cc3ccccc3)C2C1.I. The number of nitrogens with zero attached hydrogens (tertiary/aromatic N) is 5. The van der Waals surface area contributed by atoms with Gasteiger partial charge in [0.05, 0.1) is 18.8 Å². The number of fused-ring (bicyclic) bond motifs is 1. The molecule has 2 unspecified atom stereocenters. The van der Waals surface area contributed by atoms with E-state index in [0.29, 0.717) is 25.7 Å². The number of nitrogens with one attached hydrogen (secondary N) is 1. The van der Waals surface area contributed by atoms with Gasteiger partial charge in [0.1, 0.15) is 0 Å². The molecule has 0 saturated carbocycles. The van der Waals surface area contributed by atoms with Crippen molar-refractivity contribution in [2.45, 2.75) is 31.4 Å². The first-order chi connectivity index (χ1) is 14.8. The molecule has 4 rings (SSSR count). The number of aliphatic imine (C=N–C) groups is 1. The fraction of sp³-hybridized carbons (Fsp3) is 0.524. The largest absolute Gasteiger partial charge is 0.435 e. The molecular weight excluding hydrogens is 536 g/mol. The molecule has 3 heterocycles. The molecule has 1 N–H and O–H groups in total. The van der Waals surface area contributed by atoms with E-state index in [2.05, 4.69) is 37.3 Å². The molecule has 0 bridgehead atoms. The van der Waals surface area contributed by atoms with Gasteiger partial charge in [-0.2, -0.15) is 18.3 Å². The zero-order chi connectivity index (χ0) is 22.0. The maximum absolute atomic E-state index is 13.2. The van der Waals surface area contributed by atoms with Crippen LogP contribution in [-0.2, 0) is 31.1 Å². The molecule has 1 aromatic heterocycles.